The Bertz CT molecular complexity index is 1130. The molecular weight excluding hydrogens is 454 g/mol. The van der Waals surface area contributed by atoms with E-state index in [1.54, 1.807) is 6.08 Å². The number of primary amides is 1. The number of amides is 3. The van der Waals surface area contributed by atoms with E-state index in [2.05, 4.69) is 10.6 Å². The molecule has 36 heavy (non-hydrogen) atoms. The van der Waals surface area contributed by atoms with E-state index in [0.29, 0.717) is 12.8 Å². The fourth-order valence-corrected chi connectivity index (χ4v) is 3.64. The van der Waals surface area contributed by atoms with Crippen LogP contribution in [-0.2, 0) is 33.8 Å². The molecule has 0 aliphatic rings. The summed E-state index contributed by atoms with van der Waals surface area (Å²) in [4.78, 5) is 37.2. The molecular formula is C29H31N3O4. The average Bonchev–Trinajstić information content (AvgIpc) is 2.90. The largest absolute Gasteiger partial charge is 0.445 e. The van der Waals surface area contributed by atoms with Gasteiger partial charge in [-0.05, 0) is 29.5 Å². The van der Waals surface area contributed by atoms with Crippen molar-refractivity contribution in [3.63, 3.8) is 0 Å². The number of hydrogen-bond donors (Lipinski definition) is 3. The van der Waals surface area contributed by atoms with Crippen molar-refractivity contribution in [1.29, 1.82) is 0 Å². The third-order valence-electron chi connectivity index (χ3n) is 5.51. The molecule has 3 rings (SSSR count). The Morgan fingerprint density at radius 1 is 0.778 bits per heavy atom. The Labute approximate surface area is 211 Å². The number of rotatable bonds is 12. The number of nitrogens with two attached hydrogens (primary N) is 1. The second-order valence-electron chi connectivity index (χ2n) is 8.35. The fourth-order valence-electron chi connectivity index (χ4n) is 3.64. The first-order chi connectivity index (χ1) is 17.5. The highest BCUT2D eigenvalue weighted by atomic mass is 16.5. The van der Waals surface area contributed by atoms with Crippen LogP contribution >= 0.6 is 0 Å². The van der Waals surface area contributed by atoms with Gasteiger partial charge in [-0.15, -0.1) is 0 Å². The van der Waals surface area contributed by atoms with Crippen molar-refractivity contribution in [2.24, 2.45) is 5.73 Å². The summed E-state index contributed by atoms with van der Waals surface area (Å²) in [6.07, 6.45) is 3.64. The van der Waals surface area contributed by atoms with Crippen LogP contribution in [-0.4, -0.2) is 30.0 Å². The lowest BCUT2D eigenvalue weighted by molar-refractivity contribution is -0.123. The Morgan fingerprint density at radius 3 is 1.92 bits per heavy atom. The molecule has 2 atom stereocenters. The van der Waals surface area contributed by atoms with Crippen LogP contribution < -0.4 is 16.4 Å². The van der Waals surface area contributed by atoms with E-state index in [0.717, 1.165) is 16.7 Å². The van der Waals surface area contributed by atoms with Crippen molar-refractivity contribution in [2.75, 3.05) is 0 Å². The summed E-state index contributed by atoms with van der Waals surface area (Å²) in [6, 6.07) is 27.2. The number of carbonyl (C=O) groups excluding carboxylic acids is 3. The predicted octanol–water partition coefficient (Wildman–Crippen LogP) is 3.68. The zero-order valence-corrected chi connectivity index (χ0v) is 20.0. The first-order valence-corrected chi connectivity index (χ1v) is 11.8. The second-order valence-corrected chi connectivity index (χ2v) is 8.35. The van der Waals surface area contributed by atoms with Gasteiger partial charge in [0.1, 0.15) is 12.6 Å². The standard InChI is InChI=1S/C29H31N3O4/c30-27(33)19-18-25(17-16-22-10-4-1-5-11-22)31-28(34)26(20-23-12-6-2-7-13-23)32-29(35)36-21-24-14-8-3-9-15-24/h1-15,18-19,25-26H,16-17,20-21H2,(H2,30,33)(H,31,34)(H,32,35)/b19-18+/t25-,26-/m0/s1. The van der Waals surface area contributed by atoms with Gasteiger partial charge in [-0.3, -0.25) is 9.59 Å². The summed E-state index contributed by atoms with van der Waals surface area (Å²) in [6.45, 7) is 0.0907. The van der Waals surface area contributed by atoms with E-state index in [1.165, 1.54) is 6.08 Å². The van der Waals surface area contributed by atoms with Gasteiger partial charge in [-0.25, -0.2) is 4.79 Å². The smallest absolute Gasteiger partial charge is 0.408 e. The summed E-state index contributed by atoms with van der Waals surface area (Å²) in [7, 11) is 0. The van der Waals surface area contributed by atoms with Crippen LogP contribution in [0.4, 0.5) is 4.79 Å². The predicted molar refractivity (Wildman–Crippen MR) is 139 cm³/mol. The molecule has 0 bridgehead atoms. The molecule has 0 heterocycles. The van der Waals surface area contributed by atoms with Crippen LogP contribution in [0, 0.1) is 0 Å². The Morgan fingerprint density at radius 2 is 1.33 bits per heavy atom. The molecule has 3 amide bonds. The summed E-state index contributed by atoms with van der Waals surface area (Å²) in [5, 5.41) is 5.63. The maximum Gasteiger partial charge on any atom is 0.408 e. The molecule has 0 aromatic heterocycles. The van der Waals surface area contributed by atoms with Gasteiger partial charge in [-0.1, -0.05) is 97.1 Å². The summed E-state index contributed by atoms with van der Waals surface area (Å²) in [5.74, 6) is -0.986. The van der Waals surface area contributed by atoms with Gasteiger partial charge in [0, 0.05) is 18.5 Å². The van der Waals surface area contributed by atoms with Gasteiger partial charge in [0.2, 0.25) is 11.8 Å². The number of benzene rings is 3. The molecule has 0 spiro atoms. The lowest BCUT2D eigenvalue weighted by Gasteiger charge is -2.22. The minimum atomic E-state index is -0.878. The number of hydrogen-bond acceptors (Lipinski definition) is 4. The molecule has 0 saturated carbocycles. The van der Waals surface area contributed by atoms with Crippen molar-refractivity contribution in [2.45, 2.75) is 38.0 Å². The van der Waals surface area contributed by atoms with E-state index in [4.69, 9.17) is 10.5 Å². The molecule has 7 nitrogen and oxygen atoms in total. The van der Waals surface area contributed by atoms with Gasteiger partial charge in [-0.2, -0.15) is 0 Å². The highest BCUT2D eigenvalue weighted by Crippen LogP contribution is 2.09. The molecule has 0 aliphatic carbocycles. The van der Waals surface area contributed by atoms with Crippen LogP contribution in [0.3, 0.4) is 0 Å². The van der Waals surface area contributed by atoms with E-state index < -0.39 is 24.1 Å². The summed E-state index contributed by atoms with van der Waals surface area (Å²) >= 11 is 0. The van der Waals surface area contributed by atoms with Crippen LogP contribution in [0.5, 0.6) is 0 Å². The molecule has 3 aromatic carbocycles. The number of ether oxygens (including phenoxy) is 1. The average molecular weight is 486 g/mol. The summed E-state index contributed by atoms with van der Waals surface area (Å²) < 4.78 is 5.33. The summed E-state index contributed by atoms with van der Waals surface area (Å²) in [5.41, 5.74) is 8.11. The van der Waals surface area contributed by atoms with E-state index in [1.807, 2.05) is 91.0 Å². The Balaban J connectivity index is 1.68. The van der Waals surface area contributed by atoms with E-state index >= 15 is 0 Å². The Kier molecular flexibility index (Phi) is 10.3. The zero-order valence-electron chi connectivity index (χ0n) is 20.0. The van der Waals surface area contributed by atoms with Crippen molar-refractivity contribution in [3.8, 4) is 0 Å². The van der Waals surface area contributed by atoms with Gasteiger partial charge >= 0.3 is 6.09 Å². The van der Waals surface area contributed by atoms with Gasteiger partial charge in [0.25, 0.3) is 0 Å². The van der Waals surface area contributed by atoms with E-state index in [9.17, 15) is 14.4 Å². The third kappa shape index (κ3) is 9.46. The lowest BCUT2D eigenvalue weighted by Crippen LogP contribution is -2.50. The molecule has 0 unspecified atom stereocenters. The second kappa shape index (κ2) is 14.1. The monoisotopic (exact) mass is 485 g/mol. The number of aryl methyl sites for hydroxylation is 1. The SMILES string of the molecule is NC(=O)/C=C/[C@H](CCc1ccccc1)NC(=O)[C@H](Cc1ccccc1)NC(=O)OCc1ccccc1. The first kappa shape index (κ1) is 26.2. The molecule has 0 aliphatic heterocycles. The van der Waals surface area contributed by atoms with Crippen molar-refractivity contribution < 1.29 is 19.1 Å². The minimum absolute atomic E-state index is 0.0907. The van der Waals surface area contributed by atoms with Gasteiger partial charge in [0.05, 0.1) is 0 Å². The normalized spacial score (nSPS) is 12.4. The highest BCUT2D eigenvalue weighted by Gasteiger charge is 2.24. The van der Waals surface area contributed by atoms with Crippen LogP contribution in [0.15, 0.2) is 103 Å². The van der Waals surface area contributed by atoms with E-state index in [-0.39, 0.29) is 18.9 Å². The molecule has 7 heteroatoms. The molecule has 0 radical (unpaired) electrons. The zero-order chi connectivity index (χ0) is 25.6. The lowest BCUT2D eigenvalue weighted by atomic mass is 10.0. The number of alkyl carbamates (subject to hydrolysis) is 1. The molecule has 186 valence electrons. The fraction of sp³-hybridized carbons (Fsp3) is 0.207. The highest BCUT2D eigenvalue weighted by molar-refractivity contribution is 5.87. The topological polar surface area (TPSA) is 111 Å². The van der Waals surface area contributed by atoms with Crippen LogP contribution in [0.1, 0.15) is 23.1 Å². The first-order valence-electron chi connectivity index (χ1n) is 11.8. The van der Waals surface area contributed by atoms with Gasteiger partial charge in [0.15, 0.2) is 0 Å². The van der Waals surface area contributed by atoms with Crippen LogP contribution in [0.2, 0.25) is 0 Å². The molecule has 3 aromatic rings. The minimum Gasteiger partial charge on any atom is -0.445 e. The Hall–Kier alpha value is -4.39. The quantitative estimate of drug-likeness (QED) is 0.340. The van der Waals surface area contributed by atoms with Crippen molar-refractivity contribution in [3.05, 3.63) is 120 Å². The number of carbonyl (C=O) groups is 3. The van der Waals surface area contributed by atoms with Crippen molar-refractivity contribution >= 4 is 17.9 Å². The molecule has 0 fully saturated rings. The molecule has 0 saturated heterocycles. The maximum atomic E-state index is 13.3. The molecule has 4 N–H and O–H groups in total. The number of nitrogens with one attached hydrogen (secondary N) is 2. The van der Waals surface area contributed by atoms with Crippen molar-refractivity contribution in [1.82, 2.24) is 10.6 Å². The maximum absolute atomic E-state index is 13.3. The van der Waals surface area contributed by atoms with Gasteiger partial charge < -0.3 is 21.1 Å². The van der Waals surface area contributed by atoms with Crippen LogP contribution in [0.25, 0.3) is 0 Å². The third-order valence-corrected chi connectivity index (χ3v) is 5.51.